The van der Waals surface area contributed by atoms with Crippen LogP contribution in [0.4, 0.5) is 0 Å². The summed E-state index contributed by atoms with van der Waals surface area (Å²) in [6.45, 7) is 0. The lowest BCUT2D eigenvalue weighted by Gasteiger charge is -2.00. The lowest BCUT2D eigenvalue weighted by molar-refractivity contribution is 1.16. The summed E-state index contributed by atoms with van der Waals surface area (Å²) < 4.78 is 0. The number of nitriles is 1. The fraction of sp³-hybridized carbons (Fsp3) is 0.0909. The first-order chi connectivity index (χ1) is 7.70. The van der Waals surface area contributed by atoms with Crippen LogP contribution in [0, 0.1) is 11.3 Å². The summed E-state index contributed by atoms with van der Waals surface area (Å²) in [5, 5.41) is 9.66. The van der Waals surface area contributed by atoms with Crippen LogP contribution < -0.4 is 0 Å². The molecular weight excluding hydrogens is 245 g/mol. The van der Waals surface area contributed by atoms with Crippen LogP contribution in [0.5, 0.6) is 0 Å². The minimum atomic E-state index is 0.304. The molecule has 2 rings (SSSR count). The number of imidazole rings is 1. The van der Waals surface area contributed by atoms with Gasteiger partial charge < -0.3 is 4.98 Å². The van der Waals surface area contributed by atoms with E-state index in [4.69, 9.17) is 28.5 Å². The molecule has 2 aromatic rings. The van der Waals surface area contributed by atoms with Crippen molar-refractivity contribution < 1.29 is 0 Å². The van der Waals surface area contributed by atoms with Crippen LogP contribution in [0.15, 0.2) is 24.4 Å². The van der Waals surface area contributed by atoms with Crippen LogP contribution >= 0.6 is 23.2 Å². The summed E-state index contributed by atoms with van der Waals surface area (Å²) in [4.78, 5) is 7.19. The molecule has 0 atom stereocenters. The van der Waals surface area contributed by atoms with Gasteiger partial charge in [0.2, 0.25) is 0 Å². The molecule has 0 bridgehead atoms. The SMILES string of the molecule is N#CCc1cnc(-c2ccc(Cl)cc2Cl)[nH]1. The van der Waals surface area contributed by atoms with Gasteiger partial charge in [0.05, 0.1) is 17.5 Å². The molecule has 1 heterocycles. The van der Waals surface area contributed by atoms with Crippen molar-refractivity contribution in [3.8, 4) is 17.5 Å². The molecule has 1 N–H and O–H groups in total. The zero-order chi connectivity index (χ0) is 11.5. The minimum absolute atomic E-state index is 0.304. The molecule has 3 nitrogen and oxygen atoms in total. The molecule has 0 unspecified atom stereocenters. The number of aromatic amines is 1. The van der Waals surface area contributed by atoms with Crippen molar-refractivity contribution in [2.45, 2.75) is 6.42 Å². The average molecular weight is 252 g/mol. The van der Waals surface area contributed by atoms with E-state index in [-0.39, 0.29) is 0 Å². The van der Waals surface area contributed by atoms with Crippen LogP contribution in [0.2, 0.25) is 10.0 Å². The van der Waals surface area contributed by atoms with E-state index in [1.54, 1.807) is 24.4 Å². The molecule has 0 saturated carbocycles. The molecule has 0 spiro atoms. The Balaban J connectivity index is 2.39. The van der Waals surface area contributed by atoms with Crippen molar-refractivity contribution in [3.05, 3.63) is 40.1 Å². The third-order valence-electron chi connectivity index (χ3n) is 2.08. The minimum Gasteiger partial charge on any atom is -0.341 e. The fourth-order valence-corrected chi connectivity index (χ4v) is 1.85. The normalized spacial score (nSPS) is 10.1. The summed E-state index contributed by atoms with van der Waals surface area (Å²) in [5.41, 5.74) is 1.54. The number of nitrogens with zero attached hydrogens (tertiary/aromatic N) is 2. The Morgan fingerprint density at radius 2 is 2.19 bits per heavy atom. The van der Waals surface area contributed by atoms with Gasteiger partial charge in [-0.05, 0) is 18.2 Å². The number of rotatable bonds is 2. The van der Waals surface area contributed by atoms with Gasteiger partial charge in [-0.1, -0.05) is 23.2 Å². The molecule has 16 heavy (non-hydrogen) atoms. The molecular formula is C11H7Cl2N3. The second kappa shape index (κ2) is 4.56. The first-order valence-electron chi connectivity index (χ1n) is 4.57. The van der Waals surface area contributed by atoms with E-state index in [0.29, 0.717) is 22.3 Å². The fourth-order valence-electron chi connectivity index (χ4n) is 1.35. The van der Waals surface area contributed by atoms with Crippen LogP contribution in [-0.2, 0) is 6.42 Å². The van der Waals surface area contributed by atoms with E-state index in [9.17, 15) is 0 Å². The Hall–Kier alpha value is -1.50. The first-order valence-corrected chi connectivity index (χ1v) is 5.32. The molecule has 5 heteroatoms. The van der Waals surface area contributed by atoms with Gasteiger partial charge in [-0.25, -0.2) is 4.98 Å². The van der Waals surface area contributed by atoms with E-state index in [2.05, 4.69) is 9.97 Å². The molecule has 80 valence electrons. The Kier molecular flexibility index (Phi) is 3.14. The predicted octanol–water partition coefficient (Wildman–Crippen LogP) is 3.45. The zero-order valence-electron chi connectivity index (χ0n) is 8.17. The number of hydrogen-bond acceptors (Lipinski definition) is 2. The Labute approximate surface area is 103 Å². The number of benzene rings is 1. The quantitative estimate of drug-likeness (QED) is 0.889. The van der Waals surface area contributed by atoms with Crippen molar-refractivity contribution >= 4 is 23.2 Å². The summed E-state index contributed by atoms with van der Waals surface area (Å²) in [7, 11) is 0. The van der Waals surface area contributed by atoms with Crippen molar-refractivity contribution in [2.75, 3.05) is 0 Å². The molecule has 0 aliphatic heterocycles. The van der Waals surface area contributed by atoms with Crippen LogP contribution in [0.3, 0.4) is 0 Å². The number of halogens is 2. The Bertz CT molecular complexity index is 555. The van der Waals surface area contributed by atoms with Crippen LogP contribution in [0.1, 0.15) is 5.69 Å². The highest BCUT2D eigenvalue weighted by atomic mass is 35.5. The summed E-state index contributed by atoms with van der Waals surface area (Å²) in [6, 6.07) is 7.24. The number of H-pyrrole nitrogens is 1. The van der Waals surface area contributed by atoms with Crippen molar-refractivity contribution in [1.29, 1.82) is 5.26 Å². The highest BCUT2D eigenvalue weighted by molar-refractivity contribution is 6.36. The van der Waals surface area contributed by atoms with E-state index >= 15 is 0 Å². The van der Waals surface area contributed by atoms with Gasteiger partial charge in [-0.15, -0.1) is 0 Å². The van der Waals surface area contributed by atoms with E-state index < -0.39 is 0 Å². The van der Waals surface area contributed by atoms with Crippen molar-refractivity contribution in [1.82, 2.24) is 9.97 Å². The van der Waals surface area contributed by atoms with Gasteiger partial charge in [0.15, 0.2) is 0 Å². The molecule has 0 amide bonds. The maximum Gasteiger partial charge on any atom is 0.139 e. The molecule has 0 aliphatic rings. The molecule has 0 radical (unpaired) electrons. The Morgan fingerprint density at radius 3 is 2.88 bits per heavy atom. The standard InChI is InChI=1S/C11H7Cl2N3/c12-7-1-2-9(10(13)5-7)11-15-6-8(16-11)3-4-14/h1-2,5-6H,3H2,(H,15,16). The molecule has 0 saturated heterocycles. The van der Waals surface area contributed by atoms with Gasteiger partial charge >= 0.3 is 0 Å². The molecule has 1 aromatic heterocycles. The summed E-state index contributed by atoms with van der Waals surface area (Å²) in [5.74, 6) is 0.645. The van der Waals surface area contributed by atoms with Gasteiger partial charge in [0, 0.05) is 22.5 Å². The molecule has 1 aromatic carbocycles. The zero-order valence-corrected chi connectivity index (χ0v) is 9.68. The maximum atomic E-state index is 8.55. The monoisotopic (exact) mass is 251 g/mol. The molecule has 0 aliphatic carbocycles. The smallest absolute Gasteiger partial charge is 0.139 e. The summed E-state index contributed by atoms with van der Waals surface area (Å²) in [6.07, 6.45) is 1.93. The molecule has 0 fully saturated rings. The lowest BCUT2D eigenvalue weighted by atomic mass is 10.2. The highest BCUT2D eigenvalue weighted by Crippen LogP contribution is 2.28. The van der Waals surface area contributed by atoms with Gasteiger partial charge in [-0.3, -0.25) is 0 Å². The first kappa shape index (κ1) is 11.0. The summed E-state index contributed by atoms with van der Waals surface area (Å²) >= 11 is 11.8. The number of nitrogens with one attached hydrogen (secondary N) is 1. The van der Waals surface area contributed by atoms with E-state index in [1.807, 2.05) is 6.07 Å². The largest absolute Gasteiger partial charge is 0.341 e. The average Bonchev–Trinajstić information content (AvgIpc) is 2.67. The van der Waals surface area contributed by atoms with Crippen molar-refractivity contribution in [2.24, 2.45) is 0 Å². The van der Waals surface area contributed by atoms with Crippen molar-refractivity contribution in [3.63, 3.8) is 0 Å². The lowest BCUT2D eigenvalue weighted by Crippen LogP contribution is -1.84. The van der Waals surface area contributed by atoms with Gasteiger partial charge in [0.25, 0.3) is 0 Å². The third kappa shape index (κ3) is 2.19. The topological polar surface area (TPSA) is 52.5 Å². The highest BCUT2D eigenvalue weighted by Gasteiger charge is 2.07. The van der Waals surface area contributed by atoms with Crippen LogP contribution in [0.25, 0.3) is 11.4 Å². The second-order valence-electron chi connectivity index (χ2n) is 3.22. The van der Waals surface area contributed by atoms with Crippen LogP contribution in [-0.4, -0.2) is 9.97 Å². The third-order valence-corrected chi connectivity index (χ3v) is 2.63. The Morgan fingerprint density at radius 1 is 1.38 bits per heavy atom. The van der Waals surface area contributed by atoms with Gasteiger partial charge in [0.1, 0.15) is 5.82 Å². The number of hydrogen-bond donors (Lipinski definition) is 1. The van der Waals surface area contributed by atoms with E-state index in [0.717, 1.165) is 11.3 Å². The predicted molar refractivity (Wildman–Crippen MR) is 63.4 cm³/mol. The second-order valence-corrected chi connectivity index (χ2v) is 4.06. The number of aromatic nitrogens is 2. The van der Waals surface area contributed by atoms with E-state index in [1.165, 1.54) is 0 Å². The maximum absolute atomic E-state index is 8.55. The van der Waals surface area contributed by atoms with Gasteiger partial charge in [-0.2, -0.15) is 5.26 Å².